The molecule has 0 spiro atoms. The van der Waals surface area contributed by atoms with E-state index in [4.69, 9.17) is 9.47 Å². The van der Waals surface area contributed by atoms with E-state index in [2.05, 4.69) is 0 Å². The molecule has 6 nitrogen and oxygen atoms in total. The number of ether oxygens (including phenoxy) is 2. The number of carbonyl (C=O) groups excluding carboxylic acids is 2. The van der Waals surface area contributed by atoms with Crippen LogP contribution in [0.4, 0.5) is 0 Å². The predicted octanol–water partition coefficient (Wildman–Crippen LogP) is -0.206. The van der Waals surface area contributed by atoms with Gasteiger partial charge in [0, 0.05) is 19.5 Å². The number of esters is 2. The number of aliphatic hydroxyl groups excluding tert-OH is 1. The van der Waals surface area contributed by atoms with E-state index in [0.29, 0.717) is 19.5 Å². The van der Waals surface area contributed by atoms with Gasteiger partial charge in [-0.05, 0) is 13.8 Å². The first-order valence-corrected chi connectivity index (χ1v) is 5.90. The number of hydrogen-bond donors (Lipinski definition) is 1. The highest BCUT2D eigenvalue weighted by Gasteiger charge is 2.41. The van der Waals surface area contributed by atoms with E-state index in [1.54, 1.807) is 18.7 Å². The van der Waals surface area contributed by atoms with Gasteiger partial charge in [-0.2, -0.15) is 0 Å². The van der Waals surface area contributed by atoms with E-state index in [9.17, 15) is 14.7 Å². The van der Waals surface area contributed by atoms with Gasteiger partial charge in [-0.15, -0.1) is 0 Å². The zero-order valence-electron chi connectivity index (χ0n) is 11.3. The summed E-state index contributed by atoms with van der Waals surface area (Å²) in [5, 5.41) is 9.64. The Morgan fingerprint density at radius 1 is 1.33 bits per heavy atom. The lowest BCUT2D eigenvalue weighted by Gasteiger charge is -2.30. The third kappa shape index (κ3) is 3.20. The van der Waals surface area contributed by atoms with Crippen LogP contribution in [0.15, 0.2) is 0 Å². The van der Waals surface area contributed by atoms with Crippen LogP contribution in [0.25, 0.3) is 0 Å². The average Bonchev–Trinajstić information content (AvgIpc) is 2.67. The standard InChI is InChI=1S/C12H21NO5/c1-12(2,11(16)18-4)7-13-6-8(14)5-9(13)10(15)17-3/h8-9,14H,5-7H2,1-4H3. The number of rotatable bonds is 4. The molecule has 1 aliphatic heterocycles. The molecule has 0 radical (unpaired) electrons. The topological polar surface area (TPSA) is 76.1 Å². The van der Waals surface area contributed by atoms with Crippen LogP contribution in [0.3, 0.4) is 0 Å². The van der Waals surface area contributed by atoms with E-state index in [1.165, 1.54) is 14.2 Å². The summed E-state index contributed by atoms with van der Waals surface area (Å²) in [7, 11) is 2.65. The van der Waals surface area contributed by atoms with Crippen molar-refractivity contribution in [2.24, 2.45) is 5.41 Å². The number of likely N-dealkylation sites (tertiary alicyclic amines) is 1. The lowest BCUT2D eigenvalue weighted by molar-refractivity contribution is -0.154. The second-order valence-electron chi connectivity index (χ2n) is 5.23. The number of carbonyl (C=O) groups is 2. The lowest BCUT2D eigenvalue weighted by atomic mass is 9.92. The van der Waals surface area contributed by atoms with Crippen molar-refractivity contribution in [2.75, 3.05) is 27.3 Å². The molecule has 1 aliphatic rings. The molecule has 0 bridgehead atoms. The van der Waals surface area contributed by atoms with Crippen LogP contribution in [0, 0.1) is 5.41 Å². The molecule has 0 amide bonds. The van der Waals surface area contributed by atoms with Gasteiger partial charge in [-0.3, -0.25) is 14.5 Å². The number of β-amino-alcohol motifs (C(OH)–C–C–N with tert-alkyl or cyclic N) is 1. The summed E-state index contributed by atoms with van der Waals surface area (Å²) in [5.41, 5.74) is -0.731. The largest absolute Gasteiger partial charge is 0.469 e. The molecule has 6 heteroatoms. The van der Waals surface area contributed by atoms with Crippen LogP contribution in [0.2, 0.25) is 0 Å². The van der Waals surface area contributed by atoms with Gasteiger partial charge in [0.15, 0.2) is 0 Å². The fourth-order valence-corrected chi connectivity index (χ4v) is 2.28. The summed E-state index contributed by atoms with van der Waals surface area (Å²) >= 11 is 0. The monoisotopic (exact) mass is 259 g/mol. The maximum Gasteiger partial charge on any atom is 0.323 e. The zero-order chi connectivity index (χ0) is 13.9. The van der Waals surface area contributed by atoms with Crippen molar-refractivity contribution in [3.63, 3.8) is 0 Å². The normalized spacial score (nSPS) is 24.9. The van der Waals surface area contributed by atoms with Gasteiger partial charge in [-0.25, -0.2) is 0 Å². The molecule has 0 saturated carbocycles. The molecular weight excluding hydrogens is 238 g/mol. The van der Waals surface area contributed by atoms with Gasteiger partial charge in [0.2, 0.25) is 0 Å². The molecule has 0 aromatic carbocycles. The van der Waals surface area contributed by atoms with E-state index < -0.39 is 17.6 Å². The Bertz CT molecular complexity index is 328. The molecule has 1 heterocycles. The average molecular weight is 259 g/mol. The summed E-state index contributed by atoms with van der Waals surface area (Å²) in [6, 6.07) is -0.492. The maximum atomic E-state index is 11.6. The van der Waals surface area contributed by atoms with Crippen molar-refractivity contribution in [1.29, 1.82) is 0 Å². The Morgan fingerprint density at radius 2 is 1.94 bits per heavy atom. The van der Waals surface area contributed by atoms with Gasteiger partial charge < -0.3 is 14.6 Å². The SMILES string of the molecule is COC(=O)C1CC(O)CN1CC(C)(C)C(=O)OC. The molecule has 104 valence electrons. The highest BCUT2D eigenvalue weighted by molar-refractivity contribution is 5.77. The van der Waals surface area contributed by atoms with Crippen LogP contribution in [-0.4, -0.2) is 61.4 Å². The van der Waals surface area contributed by atoms with Crippen molar-refractivity contribution in [3.8, 4) is 0 Å². The number of nitrogens with zero attached hydrogens (tertiary/aromatic N) is 1. The maximum absolute atomic E-state index is 11.6. The molecule has 1 fully saturated rings. The minimum absolute atomic E-state index is 0.337. The summed E-state index contributed by atoms with van der Waals surface area (Å²) in [4.78, 5) is 25.0. The number of hydrogen-bond acceptors (Lipinski definition) is 6. The minimum atomic E-state index is -0.731. The van der Waals surface area contributed by atoms with Crippen LogP contribution in [0.1, 0.15) is 20.3 Å². The quantitative estimate of drug-likeness (QED) is 0.704. The molecule has 1 N–H and O–H groups in total. The lowest BCUT2D eigenvalue weighted by Crippen LogP contribution is -2.45. The highest BCUT2D eigenvalue weighted by Crippen LogP contribution is 2.26. The summed E-state index contributed by atoms with van der Waals surface area (Å²) in [5.74, 6) is -0.722. The van der Waals surface area contributed by atoms with Crippen molar-refractivity contribution < 1.29 is 24.2 Å². The Kier molecular flexibility index (Phi) is 4.70. The second kappa shape index (κ2) is 5.67. The minimum Gasteiger partial charge on any atom is -0.469 e. The molecule has 0 aromatic rings. The summed E-state index contributed by atoms with van der Waals surface area (Å²) < 4.78 is 9.44. The molecular formula is C12H21NO5. The fourth-order valence-electron chi connectivity index (χ4n) is 2.28. The third-order valence-electron chi connectivity index (χ3n) is 3.19. The molecule has 0 aromatic heterocycles. The Hall–Kier alpha value is -1.14. The van der Waals surface area contributed by atoms with Crippen molar-refractivity contribution in [3.05, 3.63) is 0 Å². The molecule has 2 unspecified atom stereocenters. The van der Waals surface area contributed by atoms with Gasteiger partial charge in [-0.1, -0.05) is 0 Å². The highest BCUT2D eigenvalue weighted by atomic mass is 16.5. The van der Waals surface area contributed by atoms with Crippen LogP contribution in [-0.2, 0) is 19.1 Å². The zero-order valence-corrected chi connectivity index (χ0v) is 11.3. The molecule has 18 heavy (non-hydrogen) atoms. The Morgan fingerprint density at radius 3 is 2.44 bits per heavy atom. The van der Waals surface area contributed by atoms with Crippen molar-refractivity contribution >= 4 is 11.9 Å². The number of methoxy groups -OCH3 is 2. The van der Waals surface area contributed by atoms with Gasteiger partial charge >= 0.3 is 11.9 Å². The van der Waals surface area contributed by atoms with Crippen molar-refractivity contribution in [1.82, 2.24) is 4.90 Å². The van der Waals surface area contributed by atoms with Crippen LogP contribution in [0.5, 0.6) is 0 Å². The first-order chi connectivity index (χ1) is 8.31. The van der Waals surface area contributed by atoms with Crippen LogP contribution < -0.4 is 0 Å². The van der Waals surface area contributed by atoms with Crippen LogP contribution >= 0.6 is 0 Å². The first kappa shape index (κ1) is 14.9. The second-order valence-corrected chi connectivity index (χ2v) is 5.23. The molecule has 1 saturated heterocycles. The van der Waals surface area contributed by atoms with E-state index in [-0.39, 0.29) is 11.9 Å². The van der Waals surface area contributed by atoms with E-state index in [0.717, 1.165) is 0 Å². The molecule has 0 aliphatic carbocycles. The molecule has 1 rings (SSSR count). The third-order valence-corrected chi connectivity index (χ3v) is 3.19. The molecule has 2 atom stereocenters. The first-order valence-electron chi connectivity index (χ1n) is 5.90. The van der Waals surface area contributed by atoms with Gasteiger partial charge in [0.25, 0.3) is 0 Å². The Balaban J connectivity index is 2.75. The fraction of sp³-hybridized carbons (Fsp3) is 0.833. The Labute approximate surface area is 107 Å². The van der Waals surface area contributed by atoms with Crippen molar-refractivity contribution in [2.45, 2.75) is 32.4 Å². The summed E-state index contributed by atoms with van der Waals surface area (Å²) in [6.45, 7) is 4.20. The summed E-state index contributed by atoms with van der Waals surface area (Å²) in [6.07, 6.45) is -0.230. The van der Waals surface area contributed by atoms with Gasteiger partial charge in [0.05, 0.1) is 25.7 Å². The smallest absolute Gasteiger partial charge is 0.323 e. The van der Waals surface area contributed by atoms with Gasteiger partial charge in [0.1, 0.15) is 6.04 Å². The predicted molar refractivity (Wildman–Crippen MR) is 63.8 cm³/mol. The van der Waals surface area contributed by atoms with E-state index in [1.807, 2.05) is 0 Å². The van der Waals surface area contributed by atoms with E-state index >= 15 is 0 Å². The number of aliphatic hydroxyl groups is 1.